The van der Waals surface area contributed by atoms with Gasteiger partial charge in [-0.1, -0.05) is 12.1 Å². The number of aromatic nitrogens is 3. The Morgan fingerprint density at radius 3 is 2.50 bits per heavy atom. The second kappa shape index (κ2) is 7.14. The van der Waals surface area contributed by atoms with Crippen molar-refractivity contribution in [2.45, 2.75) is 6.54 Å². The Bertz CT molecular complexity index is 659. The van der Waals surface area contributed by atoms with Crippen molar-refractivity contribution in [3.63, 3.8) is 0 Å². The van der Waals surface area contributed by atoms with Crippen molar-refractivity contribution in [2.24, 2.45) is 0 Å². The molecule has 2 rings (SSSR count). The van der Waals surface area contributed by atoms with Gasteiger partial charge in [0.2, 0.25) is 11.9 Å². The topological polar surface area (TPSA) is 124 Å². The zero-order chi connectivity index (χ0) is 16.1. The van der Waals surface area contributed by atoms with Gasteiger partial charge in [-0.05, 0) is 28.1 Å². The van der Waals surface area contributed by atoms with Gasteiger partial charge in [0.05, 0.1) is 12.7 Å². The summed E-state index contributed by atoms with van der Waals surface area (Å²) in [4.78, 5) is 24.6. The molecule has 0 aliphatic heterocycles. The van der Waals surface area contributed by atoms with Gasteiger partial charge in [0.25, 0.3) is 5.91 Å². The number of carbonyl (C=O) groups is 1. The van der Waals surface area contributed by atoms with E-state index in [0.717, 1.165) is 15.1 Å². The predicted octanol–water partition coefficient (Wildman–Crippen LogP) is -0.548. The summed E-state index contributed by atoms with van der Waals surface area (Å²) in [6.07, 6.45) is 0. The number of amides is 1. The van der Waals surface area contributed by atoms with Crippen LogP contribution in [0.1, 0.15) is 5.82 Å². The number of likely N-dealkylation sites (N-methyl/N-ethyl adjacent to an activating group) is 1. The minimum atomic E-state index is -0.112. The molecule has 1 heterocycles. The van der Waals surface area contributed by atoms with Crippen LogP contribution < -0.4 is 21.7 Å². The number of quaternary nitrogens is 1. The standard InChI is InChI=1S/C13H16BrN7O/c1-21(6-10-18-12(15)20-13(16)19-10)7-11(22)17-9-5-3-2-4-8(9)14/h2-5H,6-7H2,1H3,(H,17,22)(H4,15,16,18,19,20)/p+1. The molecular weight excluding hydrogens is 350 g/mol. The average Bonchev–Trinajstić information content (AvgIpc) is 2.39. The maximum absolute atomic E-state index is 12.0. The number of carbonyl (C=O) groups excluding carboxylic acids is 1. The summed E-state index contributed by atoms with van der Waals surface area (Å²) in [7, 11) is 1.86. The highest BCUT2D eigenvalue weighted by molar-refractivity contribution is 9.10. The Hall–Kier alpha value is -2.26. The van der Waals surface area contributed by atoms with Gasteiger partial charge in [-0.25, -0.2) is 0 Å². The molecule has 116 valence electrons. The van der Waals surface area contributed by atoms with Gasteiger partial charge in [-0.15, -0.1) is 0 Å². The van der Waals surface area contributed by atoms with Crippen LogP contribution in [-0.4, -0.2) is 34.5 Å². The first kappa shape index (κ1) is 16.1. The number of para-hydroxylation sites is 1. The molecule has 0 saturated heterocycles. The first-order chi connectivity index (χ1) is 10.4. The third-order valence-corrected chi connectivity index (χ3v) is 3.48. The molecule has 6 N–H and O–H groups in total. The summed E-state index contributed by atoms with van der Waals surface area (Å²) < 4.78 is 0.832. The maximum Gasteiger partial charge on any atom is 0.279 e. The lowest BCUT2D eigenvalue weighted by molar-refractivity contribution is -0.885. The van der Waals surface area contributed by atoms with E-state index in [-0.39, 0.29) is 24.3 Å². The van der Waals surface area contributed by atoms with E-state index in [9.17, 15) is 4.79 Å². The zero-order valence-electron chi connectivity index (χ0n) is 12.0. The van der Waals surface area contributed by atoms with Crippen LogP contribution >= 0.6 is 15.9 Å². The Labute approximate surface area is 136 Å². The number of anilines is 3. The minimum absolute atomic E-state index is 0.0768. The molecule has 9 heteroatoms. The summed E-state index contributed by atoms with van der Waals surface area (Å²) in [6.45, 7) is 0.674. The molecule has 1 amide bonds. The molecule has 0 saturated carbocycles. The van der Waals surface area contributed by atoms with Crippen molar-refractivity contribution in [1.82, 2.24) is 15.0 Å². The van der Waals surface area contributed by atoms with E-state index in [1.807, 2.05) is 31.3 Å². The first-order valence-corrected chi connectivity index (χ1v) is 7.35. The highest BCUT2D eigenvalue weighted by Crippen LogP contribution is 2.20. The van der Waals surface area contributed by atoms with Crippen molar-refractivity contribution in [2.75, 3.05) is 30.4 Å². The van der Waals surface area contributed by atoms with Gasteiger partial charge >= 0.3 is 0 Å². The van der Waals surface area contributed by atoms with Gasteiger partial charge < -0.3 is 21.7 Å². The number of hydrogen-bond donors (Lipinski definition) is 4. The third kappa shape index (κ3) is 4.64. The van der Waals surface area contributed by atoms with E-state index < -0.39 is 0 Å². The molecule has 1 unspecified atom stereocenters. The molecular formula is C13H17BrN7O+. The van der Waals surface area contributed by atoms with Crippen LogP contribution in [0.2, 0.25) is 0 Å². The Balaban J connectivity index is 1.92. The molecule has 0 bridgehead atoms. The van der Waals surface area contributed by atoms with Crippen molar-refractivity contribution in [1.29, 1.82) is 0 Å². The molecule has 0 radical (unpaired) electrons. The second-order valence-corrected chi connectivity index (χ2v) is 5.66. The lowest BCUT2D eigenvalue weighted by atomic mass is 10.3. The Morgan fingerprint density at radius 1 is 1.23 bits per heavy atom. The zero-order valence-corrected chi connectivity index (χ0v) is 13.6. The van der Waals surface area contributed by atoms with Crippen LogP contribution in [0.3, 0.4) is 0 Å². The van der Waals surface area contributed by atoms with Gasteiger partial charge in [-0.3, -0.25) is 4.79 Å². The molecule has 0 spiro atoms. The summed E-state index contributed by atoms with van der Waals surface area (Å²) in [5.74, 6) is 0.497. The maximum atomic E-state index is 12.0. The summed E-state index contributed by atoms with van der Waals surface area (Å²) in [5, 5.41) is 2.84. The smallest absolute Gasteiger partial charge is 0.279 e. The lowest BCUT2D eigenvalue weighted by Gasteiger charge is -2.13. The molecule has 1 aromatic heterocycles. The van der Waals surface area contributed by atoms with E-state index in [1.54, 1.807) is 0 Å². The number of nitrogens with two attached hydrogens (primary N) is 2. The third-order valence-electron chi connectivity index (χ3n) is 2.79. The largest absolute Gasteiger partial charge is 0.368 e. The first-order valence-electron chi connectivity index (χ1n) is 6.55. The molecule has 2 aromatic rings. The number of nitrogens with zero attached hydrogens (tertiary/aromatic N) is 3. The number of nitrogen functional groups attached to an aromatic ring is 2. The van der Waals surface area contributed by atoms with E-state index in [4.69, 9.17) is 11.5 Å². The molecule has 1 aromatic carbocycles. The summed E-state index contributed by atoms with van der Waals surface area (Å²) in [6, 6.07) is 7.42. The summed E-state index contributed by atoms with van der Waals surface area (Å²) in [5.41, 5.74) is 11.8. The number of halogens is 1. The fraction of sp³-hybridized carbons (Fsp3) is 0.231. The van der Waals surface area contributed by atoms with Gasteiger partial charge in [0, 0.05) is 4.47 Å². The molecule has 1 atom stereocenters. The number of hydrogen-bond acceptors (Lipinski definition) is 6. The minimum Gasteiger partial charge on any atom is -0.368 e. The molecule has 0 aliphatic rings. The monoisotopic (exact) mass is 366 g/mol. The SMILES string of the molecule is C[NH+](CC(=O)Nc1ccccc1Br)Cc1nc(N)nc(N)n1. The van der Waals surface area contributed by atoms with Crippen molar-refractivity contribution < 1.29 is 9.69 Å². The number of rotatable bonds is 5. The Kier molecular flexibility index (Phi) is 5.23. The van der Waals surface area contributed by atoms with Crippen molar-refractivity contribution >= 4 is 39.4 Å². The van der Waals surface area contributed by atoms with E-state index >= 15 is 0 Å². The molecule has 0 aliphatic carbocycles. The predicted molar refractivity (Wildman–Crippen MR) is 86.9 cm³/mol. The van der Waals surface area contributed by atoms with Crippen LogP contribution in [0.15, 0.2) is 28.7 Å². The average molecular weight is 367 g/mol. The number of benzene rings is 1. The van der Waals surface area contributed by atoms with Crippen LogP contribution in [-0.2, 0) is 11.3 Å². The molecule has 22 heavy (non-hydrogen) atoms. The molecule has 0 fully saturated rings. The summed E-state index contributed by atoms with van der Waals surface area (Å²) >= 11 is 3.38. The van der Waals surface area contributed by atoms with Crippen molar-refractivity contribution in [3.05, 3.63) is 34.6 Å². The molecule has 8 nitrogen and oxygen atoms in total. The Morgan fingerprint density at radius 2 is 1.86 bits per heavy atom. The van der Waals surface area contributed by atoms with E-state index in [1.165, 1.54) is 0 Å². The fourth-order valence-electron chi connectivity index (χ4n) is 1.90. The van der Waals surface area contributed by atoms with Gasteiger partial charge in [-0.2, -0.15) is 15.0 Å². The van der Waals surface area contributed by atoms with Crippen LogP contribution in [0.4, 0.5) is 17.6 Å². The van der Waals surface area contributed by atoms with Crippen molar-refractivity contribution in [3.8, 4) is 0 Å². The van der Waals surface area contributed by atoms with Crippen LogP contribution in [0.5, 0.6) is 0 Å². The fourth-order valence-corrected chi connectivity index (χ4v) is 2.28. The number of nitrogens with one attached hydrogen (secondary N) is 2. The quantitative estimate of drug-likeness (QED) is 0.562. The van der Waals surface area contributed by atoms with Gasteiger partial charge in [0.15, 0.2) is 12.4 Å². The van der Waals surface area contributed by atoms with Crippen LogP contribution in [0.25, 0.3) is 0 Å². The normalized spacial score (nSPS) is 11.9. The lowest BCUT2D eigenvalue weighted by Crippen LogP contribution is -3.08. The van der Waals surface area contributed by atoms with Crippen LogP contribution in [0, 0.1) is 0 Å². The second-order valence-electron chi connectivity index (χ2n) is 4.81. The highest BCUT2D eigenvalue weighted by atomic mass is 79.9. The highest BCUT2D eigenvalue weighted by Gasteiger charge is 2.14. The van der Waals surface area contributed by atoms with E-state index in [2.05, 4.69) is 36.2 Å². The van der Waals surface area contributed by atoms with E-state index in [0.29, 0.717) is 12.4 Å². The van der Waals surface area contributed by atoms with Gasteiger partial charge in [0.1, 0.15) is 6.54 Å².